The third-order valence-corrected chi connectivity index (χ3v) is 10.3. The lowest BCUT2D eigenvalue weighted by Gasteiger charge is -2.47. The van der Waals surface area contributed by atoms with Crippen molar-refractivity contribution in [1.82, 2.24) is 30.4 Å². The number of carbonyl (C=O) groups excluding carboxylic acids is 1. The summed E-state index contributed by atoms with van der Waals surface area (Å²) in [6, 6.07) is 10.7. The zero-order valence-corrected chi connectivity index (χ0v) is 26.1. The molecule has 8 nitrogen and oxygen atoms in total. The quantitative estimate of drug-likeness (QED) is 0.258. The second-order valence-electron chi connectivity index (χ2n) is 13.4. The van der Waals surface area contributed by atoms with Gasteiger partial charge in [0.05, 0.1) is 36.3 Å². The number of nitrogens with zero attached hydrogens (tertiary/aromatic N) is 5. The SMILES string of the molecule is CC(C)C1CCc2nc3c(F)cc(C(=O)N[C@H](CCN4CCC5(CCO5)CC4)c4ccc(-c5ccnnc5)nc4)cc3cc2C1. The van der Waals surface area contributed by atoms with E-state index in [9.17, 15) is 4.79 Å². The molecule has 2 atom stereocenters. The average molecular weight is 609 g/mol. The molecular formula is C36H41FN6O2. The molecule has 2 fully saturated rings. The minimum absolute atomic E-state index is 0.0929. The Morgan fingerprint density at radius 2 is 1.96 bits per heavy atom. The number of hydrogen-bond acceptors (Lipinski definition) is 7. The highest BCUT2D eigenvalue weighted by Crippen LogP contribution is 2.37. The molecule has 3 aliphatic rings. The number of aromatic nitrogens is 4. The summed E-state index contributed by atoms with van der Waals surface area (Å²) in [4.78, 5) is 25.6. The van der Waals surface area contributed by atoms with Gasteiger partial charge in [-0.25, -0.2) is 9.37 Å². The second kappa shape index (κ2) is 12.5. The molecule has 0 saturated carbocycles. The van der Waals surface area contributed by atoms with Crippen molar-refractivity contribution < 1.29 is 13.9 Å². The van der Waals surface area contributed by atoms with Crippen LogP contribution in [0.1, 0.15) is 79.2 Å². The first-order valence-electron chi connectivity index (χ1n) is 16.4. The summed E-state index contributed by atoms with van der Waals surface area (Å²) in [5.74, 6) is 0.416. The topological polar surface area (TPSA) is 93.1 Å². The van der Waals surface area contributed by atoms with Gasteiger partial charge in [0.1, 0.15) is 11.3 Å². The predicted molar refractivity (Wildman–Crippen MR) is 171 cm³/mol. The van der Waals surface area contributed by atoms with Crippen molar-refractivity contribution in [2.45, 2.75) is 70.4 Å². The lowest BCUT2D eigenvalue weighted by atomic mass is 9.80. The minimum Gasteiger partial charge on any atom is -0.375 e. The molecule has 3 aromatic heterocycles. The molecule has 234 valence electrons. The zero-order chi connectivity index (χ0) is 31.0. The number of likely N-dealkylation sites (tertiary alicyclic amines) is 1. The monoisotopic (exact) mass is 608 g/mol. The molecule has 1 unspecified atom stereocenters. The molecule has 45 heavy (non-hydrogen) atoms. The number of ether oxygens (including phenoxy) is 1. The van der Waals surface area contributed by atoms with Gasteiger partial charge >= 0.3 is 0 Å². The molecule has 7 rings (SSSR count). The third-order valence-electron chi connectivity index (χ3n) is 10.3. The summed E-state index contributed by atoms with van der Waals surface area (Å²) in [5.41, 5.74) is 5.46. The summed E-state index contributed by atoms with van der Waals surface area (Å²) in [5, 5.41) is 11.7. The summed E-state index contributed by atoms with van der Waals surface area (Å²) >= 11 is 0. The molecule has 0 radical (unpaired) electrons. The maximum atomic E-state index is 15.5. The van der Waals surface area contributed by atoms with Crippen molar-refractivity contribution >= 4 is 16.8 Å². The van der Waals surface area contributed by atoms with E-state index in [1.807, 2.05) is 24.4 Å². The summed E-state index contributed by atoms with van der Waals surface area (Å²) in [7, 11) is 0. The van der Waals surface area contributed by atoms with Crippen LogP contribution < -0.4 is 5.32 Å². The number of carbonyl (C=O) groups is 1. The van der Waals surface area contributed by atoms with Crippen LogP contribution in [0.15, 0.2) is 55.0 Å². The fraction of sp³-hybridized carbons (Fsp3) is 0.472. The normalized spacial score (nSPS) is 20.1. The van der Waals surface area contributed by atoms with E-state index in [1.54, 1.807) is 18.5 Å². The minimum atomic E-state index is -0.458. The van der Waals surface area contributed by atoms with Crippen LogP contribution in [0.4, 0.5) is 4.39 Å². The molecule has 5 heterocycles. The predicted octanol–water partition coefficient (Wildman–Crippen LogP) is 6.10. The Balaban J connectivity index is 1.12. The molecule has 1 aromatic carbocycles. The molecule has 1 amide bonds. The van der Waals surface area contributed by atoms with Crippen LogP contribution >= 0.6 is 0 Å². The van der Waals surface area contributed by atoms with Gasteiger partial charge in [0.2, 0.25) is 0 Å². The number of piperidine rings is 1. The number of amides is 1. The largest absolute Gasteiger partial charge is 0.375 e. The molecule has 4 aromatic rings. The maximum Gasteiger partial charge on any atom is 0.251 e. The number of hydrogen-bond donors (Lipinski definition) is 1. The van der Waals surface area contributed by atoms with Crippen LogP contribution in [0.2, 0.25) is 0 Å². The first-order chi connectivity index (χ1) is 21.9. The molecular weight excluding hydrogens is 567 g/mol. The van der Waals surface area contributed by atoms with Gasteiger partial charge in [0.25, 0.3) is 5.91 Å². The maximum absolute atomic E-state index is 15.5. The fourth-order valence-corrected chi connectivity index (χ4v) is 7.20. The molecule has 9 heteroatoms. The van der Waals surface area contributed by atoms with Gasteiger partial charge in [-0.2, -0.15) is 10.2 Å². The Hall–Kier alpha value is -3.82. The van der Waals surface area contributed by atoms with Crippen molar-refractivity contribution in [3.05, 3.63) is 83.2 Å². The molecule has 1 N–H and O–H groups in total. The highest BCUT2D eigenvalue weighted by Gasteiger charge is 2.41. The van der Waals surface area contributed by atoms with Crippen molar-refractivity contribution in [3.63, 3.8) is 0 Å². The molecule has 2 saturated heterocycles. The Labute approximate surface area is 263 Å². The first-order valence-corrected chi connectivity index (χ1v) is 16.4. The van der Waals surface area contributed by atoms with Gasteiger partial charge in [-0.15, -0.1) is 0 Å². The summed E-state index contributed by atoms with van der Waals surface area (Å²) < 4.78 is 21.4. The summed E-state index contributed by atoms with van der Waals surface area (Å²) in [6.07, 6.45) is 12.0. The van der Waals surface area contributed by atoms with Crippen LogP contribution in [0.25, 0.3) is 22.2 Å². The van der Waals surface area contributed by atoms with Crippen molar-refractivity contribution in [1.29, 1.82) is 0 Å². The van der Waals surface area contributed by atoms with Gasteiger partial charge in [-0.05, 0) is 98.2 Å². The number of benzene rings is 1. The molecule has 1 aliphatic carbocycles. The van der Waals surface area contributed by atoms with E-state index in [-0.39, 0.29) is 17.6 Å². The average Bonchev–Trinajstić information content (AvgIpc) is 3.05. The van der Waals surface area contributed by atoms with Crippen molar-refractivity contribution in [3.8, 4) is 11.3 Å². The number of halogens is 1. The standard InChI is InChI=1S/C36H41FN6O2/c1-23(2)24-3-6-32-27(17-24)18-28-19-29(20-30(37)34(28)41-32)35(44)42-33(8-13-43-14-9-36(10-15-43)11-16-45-36)25-4-5-31(38-21-25)26-7-12-39-40-22-26/h4-5,7,12,18-24,33H,3,6,8-11,13-17H2,1-2H3,(H,42,44)/t24?,33-/m1/s1. The van der Waals surface area contributed by atoms with Crippen LogP contribution in [0.5, 0.6) is 0 Å². The lowest BCUT2D eigenvalue weighted by Crippen LogP contribution is -2.52. The van der Waals surface area contributed by atoms with E-state index in [2.05, 4.69) is 45.3 Å². The summed E-state index contributed by atoms with van der Waals surface area (Å²) in [6.45, 7) is 8.18. The van der Waals surface area contributed by atoms with Gasteiger partial charge in [-0.1, -0.05) is 19.9 Å². The van der Waals surface area contributed by atoms with E-state index in [0.29, 0.717) is 34.7 Å². The van der Waals surface area contributed by atoms with Gasteiger partial charge in [0, 0.05) is 48.0 Å². The van der Waals surface area contributed by atoms with E-state index < -0.39 is 5.82 Å². The Kier molecular flexibility index (Phi) is 8.31. The smallest absolute Gasteiger partial charge is 0.251 e. The van der Waals surface area contributed by atoms with E-state index in [0.717, 1.165) is 87.3 Å². The van der Waals surface area contributed by atoms with Gasteiger partial charge in [-0.3, -0.25) is 9.78 Å². The highest BCUT2D eigenvalue weighted by molar-refractivity contribution is 5.98. The van der Waals surface area contributed by atoms with Gasteiger partial charge in [0.15, 0.2) is 0 Å². The van der Waals surface area contributed by atoms with E-state index in [1.165, 1.54) is 11.6 Å². The number of fused-ring (bicyclic) bond motifs is 2. The Morgan fingerprint density at radius 1 is 1.11 bits per heavy atom. The molecule has 0 bridgehead atoms. The number of pyridine rings is 2. The molecule has 1 spiro atoms. The number of aryl methyl sites for hydroxylation is 1. The zero-order valence-electron chi connectivity index (χ0n) is 26.1. The van der Waals surface area contributed by atoms with E-state index in [4.69, 9.17) is 9.72 Å². The van der Waals surface area contributed by atoms with E-state index >= 15 is 4.39 Å². The Morgan fingerprint density at radius 3 is 2.64 bits per heavy atom. The second-order valence-corrected chi connectivity index (χ2v) is 13.4. The number of nitrogens with one attached hydrogen (secondary N) is 1. The van der Waals surface area contributed by atoms with Crippen LogP contribution in [-0.4, -0.2) is 62.8 Å². The number of rotatable bonds is 8. The molecule has 2 aliphatic heterocycles. The van der Waals surface area contributed by atoms with Crippen LogP contribution in [-0.2, 0) is 17.6 Å². The van der Waals surface area contributed by atoms with Gasteiger partial charge < -0.3 is 15.0 Å². The fourth-order valence-electron chi connectivity index (χ4n) is 7.20. The lowest BCUT2D eigenvalue weighted by molar-refractivity contribution is -0.172. The van der Waals surface area contributed by atoms with Crippen molar-refractivity contribution in [2.75, 3.05) is 26.2 Å². The van der Waals surface area contributed by atoms with Crippen molar-refractivity contribution in [2.24, 2.45) is 11.8 Å². The highest BCUT2D eigenvalue weighted by atomic mass is 19.1. The third kappa shape index (κ3) is 6.33. The Bertz CT molecular complexity index is 1670. The van der Waals surface area contributed by atoms with Crippen LogP contribution in [0, 0.1) is 17.7 Å². The van der Waals surface area contributed by atoms with Crippen LogP contribution in [0.3, 0.4) is 0 Å². The first kappa shape index (κ1) is 29.9.